The van der Waals surface area contributed by atoms with Gasteiger partial charge in [-0.1, -0.05) is 43.9 Å². The van der Waals surface area contributed by atoms with Crippen molar-refractivity contribution in [1.82, 2.24) is 9.21 Å². The van der Waals surface area contributed by atoms with Gasteiger partial charge in [-0.25, -0.2) is 8.42 Å². The third-order valence-corrected chi connectivity index (χ3v) is 9.08. The summed E-state index contributed by atoms with van der Waals surface area (Å²) in [6, 6.07) is 5.17. The van der Waals surface area contributed by atoms with Crippen molar-refractivity contribution < 1.29 is 13.2 Å². The van der Waals surface area contributed by atoms with Gasteiger partial charge in [0.2, 0.25) is 10.0 Å². The van der Waals surface area contributed by atoms with Crippen molar-refractivity contribution in [2.24, 2.45) is 0 Å². The molecule has 6 nitrogen and oxygen atoms in total. The molecule has 1 aromatic rings. The summed E-state index contributed by atoms with van der Waals surface area (Å²) >= 11 is 6.24. The molecule has 1 saturated carbocycles. The van der Waals surface area contributed by atoms with Gasteiger partial charge in [0.1, 0.15) is 0 Å². The summed E-state index contributed by atoms with van der Waals surface area (Å²) in [5.41, 5.74) is 6.83. The predicted molar refractivity (Wildman–Crippen MR) is 122 cm³/mol. The lowest BCUT2D eigenvalue weighted by Gasteiger charge is -2.50. The van der Waals surface area contributed by atoms with Gasteiger partial charge in [-0.15, -0.1) is 0 Å². The van der Waals surface area contributed by atoms with Gasteiger partial charge in [0.05, 0.1) is 16.3 Å². The van der Waals surface area contributed by atoms with Crippen LogP contribution in [0.1, 0.15) is 68.6 Å². The highest BCUT2D eigenvalue weighted by Crippen LogP contribution is 2.39. The van der Waals surface area contributed by atoms with Crippen LogP contribution in [0, 0.1) is 0 Å². The molecule has 1 aliphatic carbocycles. The smallest absolute Gasteiger partial charge is 0.214 e. The minimum atomic E-state index is -3.15. The number of nitrogens with zero attached hydrogens (tertiary/aromatic N) is 2. The molecule has 2 fully saturated rings. The van der Waals surface area contributed by atoms with Crippen molar-refractivity contribution in [3.8, 4) is 0 Å². The maximum atomic E-state index is 12.9. The lowest BCUT2D eigenvalue weighted by atomic mass is 9.76. The van der Waals surface area contributed by atoms with Crippen LogP contribution in [0.15, 0.2) is 18.2 Å². The molecule has 2 N–H and O–H groups in total. The molecule has 0 bridgehead atoms. The van der Waals surface area contributed by atoms with Crippen LogP contribution in [-0.2, 0) is 10.0 Å². The molecule has 1 aromatic carbocycles. The Kier molecular flexibility index (Phi) is 7.82. The van der Waals surface area contributed by atoms with E-state index < -0.39 is 10.0 Å². The van der Waals surface area contributed by atoms with Gasteiger partial charge < -0.3 is 5.73 Å². The van der Waals surface area contributed by atoms with Crippen LogP contribution in [0.4, 0.5) is 5.69 Å². The Hall–Kier alpha value is -1.15. The normalized spacial score (nSPS) is 20.9. The van der Waals surface area contributed by atoms with Crippen molar-refractivity contribution in [3.05, 3.63) is 28.8 Å². The zero-order valence-electron chi connectivity index (χ0n) is 17.9. The first-order chi connectivity index (χ1) is 14.3. The minimum Gasteiger partial charge on any atom is -0.398 e. The number of carbonyl (C=O) groups is 1. The van der Waals surface area contributed by atoms with Gasteiger partial charge in [-0.3, -0.25) is 9.69 Å². The van der Waals surface area contributed by atoms with Crippen molar-refractivity contribution in [2.45, 2.75) is 63.8 Å². The van der Waals surface area contributed by atoms with Crippen LogP contribution in [0.25, 0.3) is 0 Å². The molecule has 1 saturated heterocycles. The number of ketones is 1. The molecule has 1 aliphatic heterocycles. The van der Waals surface area contributed by atoms with Crippen LogP contribution in [0.5, 0.6) is 0 Å². The van der Waals surface area contributed by atoms with E-state index in [1.165, 1.54) is 6.42 Å². The van der Waals surface area contributed by atoms with Crippen molar-refractivity contribution in [2.75, 3.05) is 37.7 Å². The summed E-state index contributed by atoms with van der Waals surface area (Å²) in [6.07, 6.45) is 7.44. The number of piperazine rings is 1. The second-order valence-electron chi connectivity index (χ2n) is 8.61. The largest absolute Gasteiger partial charge is 0.398 e. The average Bonchev–Trinajstić information content (AvgIpc) is 2.73. The summed E-state index contributed by atoms with van der Waals surface area (Å²) in [7, 11) is -3.15. The second kappa shape index (κ2) is 9.98. The third-order valence-electron chi connectivity index (χ3n) is 6.69. The average molecular weight is 456 g/mol. The number of anilines is 1. The number of Topliss-reactive ketones (excluding diaryl/α,β-unsaturated/α-hetero) is 1. The topological polar surface area (TPSA) is 83.7 Å². The summed E-state index contributed by atoms with van der Waals surface area (Å²) in [4.78, 5) is 15.4. The fourth-order valence-corrected chi connectivity index (χ4v) is 6.85. The van der Waals surface area contributed by atoms with E-state index in [1.807, 2.05) is 6.92 Å². The number of nitrogen functional groups attached to an aromatic ring is 1. The molecule has 0 aromatic heterocycles. The Morgan fingerprint density at radius 1 is 1.13 bits per heavy atom. The molecule has 1 heterocycles. The number of carbonyl (C=O) groups excluding carboxylic acids is 1. The number of halogens is 1. The van der Waals surface area contributed by atoms with Gasteiger partial charge in [-0.05, 0) is 37.8 Å². The van der Waals surface area contributed by atoms with Crippen LogP contribution >= 0.6 is 11.6 Å². The highest BCUT2D eigenvalue weighted by molar-refractivity contribution is 7.89. The summed E-state index contributed by atoms with van der Waals surface area (Å²) in [6.45, 7) is 4.43. The Balaban J connectivity index is 1.69. The van der Waals surface area contributed by atoms with Gasteiger partial charge >= 0.3 is 0 Å². The van der Waals surface area contributed by atoms with Crippen LogP contribution in [-0.4, -0.2) is 60.9 Å². The van der Waals surface area contributed by atoms with E-state index in [0.717, 1.165) is 45.2 Å². The Morgan fingerprint density at radius 3 is 2.40 bits per heavy atom. The zero-order chi connectivity index (χ0) is 21.8. The molecule has 0 unspecified atom stereocenters. The molecule has 168 valence electrons. The van der Waals surface area contributed by atoms with E-state index >= 15 is 0 Å². The van der Waals surface area contributed by atoms with Crippen LogP contribution in [0.3, 0.4) is 0 Å². The van der Waals surface area contributed by atoms with E-state index in [-0.39, 0.29) is 17.1 Å². The number of hydrogen-bond acceptors (Lipinski definition) is 5. The molecular weight excluding hydrogens is 422 g/mol. The molecule has 0 spiro atoms. The molecular formula is C22H34ClN3O3S. The zero-order valence-corrected chi connectivity index (χ0v) is 19.5. The SMILES string of the molecule is CCCS(=O)(=O)N1CCN(C2(CCC(=O)c3c(N)cccc3Cl)CCCCC2)CC1. The van der Waals surface area contributed by atoms with Gasteiger partial charge in [0, 0.05) is 43.8 Å². The summed E-state index contributed by atoms with van der Waals surface area (Å²) in [5.74, 6) is 0.207. The molecule has 0 amide bonds. The van der Waals surface area contributed by atoms with E-state index in [4.69, 9.17) is 17.3 Å². The van der Waals surface area contributed by atoms with Gasteiger partial charge in [-0.2, -0.15) is 4.31 Å². The van der Waals surface area contributed by atoms with E-state index in [1.54, 1.807) is 22.5 Å². The quantitative estimate of drug-likeness (QED) is 0.474. The maximum absolute atomic E-state index is 12.9. The molecule has 0 atom stereocenters. The van der Waals surface area contributed by atoms with Gasteiger partial charge in [0.15, 0.2) is 5.78 Å². The standard InChI is InChI=1S/C22H34ClN3O3S/c1-2-17-30(28,29)26-15-13-25(14-16-26)22(10-4-3-5-11-22)12-9-20(27)21-18(23)7-6-8-19(21)24/h6-8H,2-5,9-17,24H2,1H3. The lowest BCUT2D eigenvalue weighted by molar-refractivity contribution is 0.0165. The number of hydrogen-bond donors (Lipinski definition) is 1. The Bertz CT molecular complexity index is 825. The monoisotopic (exact) mass is 455 g/mol. The maximum Gasteiger partial charge on any atom is 0.214 e. The first-order valence-electron chi connectivity index (χ1n) is 11.1. The minimum absolute atomic E-state index is 0.00721. The molecule has 30 heavy (non-hydrogen) atoms. The first-order valence-corrected chi connectivity index (χ1v) is 13.1. The fourth-order valence-electron chi connectivity index (χ4n) is 5.07. The fraction of sp³-hybridized carbons (Fsp3) is 0.682. The Labute approximate surface area is 185 Å². The Morgan fingerprint density at radius 2 is 1.80 bits per heavy atom. The summed E-state index contributed by atoms with van der Waals surface area (Å²) < 4.78 is 26.5. The van der Waals surface area contributed by atoms with E-state index in [0.29, 0.717) is 42.2 Å². The highest BCUT2D eigenvalue weighted by Gasteiger charge is 2.40. The van der Waals surface area contributed by atoms with Crippen LogP contribution < -0.4 is 5.73 Å². The predicted octanol–water partition coefficient (Wildman–Crippen LogP) is 3.95. The van der Waals surface area contributed by atoms with Crippen molar-refractivity contribution in [1.29, 1.82) is 0 Å². The summed E-state index contributed by atoms with van der Waals surface area (Å²) in [5, 5.41) is 0.410. The van der Waals surface area contributed by atoms with Crippen molar-refractivity contribution >= 4 is 33.1 Å². The molecule has 8 heteroatoms. The highest BCUT2D eigenvalue weighted by atomic mass is 35.5. The third kappa shape index (κ3) is 5.18. The lowest BCUT2D eigenvalue weighted by Crippen LogP contribution is -2.58. The van der Waals surface area contributed by atoms with E-state index in [9.17, 15) is 13.2 Å². The molecule has 2 aliphatic rings. The molecule has 3 rings (SSSR count). The number of benzene rings is 1. The first kappa shape index (κ1) is 23.5. The van der Waals surface area contributed by atoms with Gasteiger partial charge in [0.25, 0.3) is 0 Å². The number of rotatable bonds is 8. The number of sulfonamides is 1. The second-order valence-corrected chi connectivity index (χ2v) is 11.1. The van der Waals surface area contributed by atoms with Crippen molar-refractivity contribution in [3.63, 3.8) is 0 Å². The van der Waals surface area contributed by atoms with E-state index in [2.05, 4.69) is 4.90 Å². The number of nitrogens with two attached hydrogens (primary N) is 1. The molecule has 0 radical (unpaired) electrons. The van der Waals surface area contributed by atoms with Crippen LogP contribution in [0.2, 0.25) is 5.02 Å².